The van der Waals surface area contributed by atoms with Crippen molar-refractivity contribution < 1.29 is 5.11 Å². The van der Waals surface area contributed by atoms with Crippen LogP contribution in [0, 0.1) is 0 Å². The second-order valence-electron chi connectivity index (χ2n) is 4.12. The van der Waals surface area contributed by atoms with E-state index in [-0.39, 0.29) is 0 Å². The lowest BCUT2D eigenvalue weighted by Gasteiger charge is -2.06. The van der Waals surface area contributed by atoms with Gasteiger partial charge in [0.2, 0.25) is 0 Å². The third-order valence-electron chi connectivity index (χ3n) is 2.79. The van der Waals surface area contributed by atoms with E-state index < -0.39 is 0 Å². The summed E-state index contributed by atoms with van der Waals surface area (Å²) in [6, 6.07) is 12.8. The van der Waals surface area contributed by atoms with Crippen LogP contribution in [0.2, 0.25) is 0 Å². The van der Waals surface area contributed by atoms with Crippen LogP contribution in [0.4, 0.5) is 11.4 Å². The maximum Gasteiger partial charge on any atom is 0.115 e. The minimum atomic E-state index is 0.292. The molecule has 17 heavy (non-hydrogen) atoms. The van der Waals surface area contributed by atoms with Gasteiger partial charge in [0.1, 0.15) is 5.75 Å². The molecule has 0 fully saturated rings. The van der Waals surface area contributed by atoms with Gasteiger partial charge in [-0.15, -0.1) is 0 Å². The maximum atomic E-state index is 9.18. The molecule has 0 radical (unpaired) electrons. The molecule has 0 bridgehead atoms. The van der Waals surface area contributed by atoms with Gasteiger partial charge in [-0.2, -0.15) is 0 Å². The molecule has 3 nitrogen and oxygen atoms in total. The first-order chi connectivity index (χ1) is 8.15. The van der Waals surface area contributed by atoms with Crippen LogP contribution in [0.25, 0.3) is 0 Å². The Labute approximate surface area is 101 Å². The van der Waals surface area contributed by atoms with E-state index in [1.807, 2.05) is 24.3 Å². The van der Waals surface area contributed by atoms with Crippen LogP contribution in [0.5, 0.6) is 5.75 Å². The highest BCUT2D eigenvalue weighted by atomic mass is 16.3. The lowest BCUT2D eigenvalue weighted by atomic mass is 10.0. The first-order valence-electron chi connectivity index (χ1n) is 5.57. The summed E-state index contributed by atoms with van der Waals surface area (Å²) in [5, 5.41) is 9.18. The fraction of sp³-hybridized carbons (Fsp3) is 0.143. The Morgan fingerprint density at radius 1 is 0.882 bits per heavy atom. The number of benzene rings is 2. The number of phenolic OH excluding ortho intramolecular Hbond substituents is 1. The van der Waals surface area contributed by atoms with Crippen molar-refractivity contribution in [3.05, 3.63) is 53.6 Å². The molecule has 0 unspecified atom stereocenters. The number of aromatic hydroxyl groups is 1. The van der Waals surface area contributed by atoms with Crippen LogP contribution in [0.3, 0.4) is 0 Å². The Bertz CT molecular complexity index is 506. The van der Waals surface area contributed by atoms with E-state index in [0.717, 1.165) is 24.1 Å². The number of rotatable bonds is 3. The maximum absolute atomic E-state index is 9.18. The molecule has 2 aromatic rings. The van der Waals surface area contributed by atoms with Gasteiger partial charge in [-0.25, -0.2) is 0 Å². The molecule has 0 amide bonds. The lowest BCUT2D eigenvalue weighted by Crippen LogP contribution is -1.98. The van der Waals surface area contributed by atoms with Crippen molar-refractivity contribution >= 4 is 11.4 Å². The SMILES string of the molecule is Nc1ccc(CCc2ccc(O)cc2)c(N)c1. The average molecular weight is 228 g/mol. The summed E-state index contributed by atoms with van der Waals surface area (Å²) in [4.78, 5) is 0. The second kappa shape index (κ2) is 4.78. The number of nitrogens with two attached hydrogens (primary N) is 2. The lowest BCUT2D eigenvalue weighted by molar-refractivity contribution is 0.475. The van der Waals surface area contributed by atoms with Crippen LogP contribution in [0.15, 0.2) is 42.5 Å². The van der Waals surface area contributed by atoms with E-state index in [4.69, 9.17) is 11.5 Å². The van der Waals surface area contributed by atoms with Gasteiger partial charge in [0.25, 0.3) is 0 Å². The summed E-state index contributed by atoms with van der Waals surface area (Å²) in [6.45, 7) is 0. The molecule has 2 rings (SSSR count). The van der Waals surface area contributed by atoms with Gasteiger partial charge in [0.15, 0.2) is 0 Å². The van der Waals surface area contributed by atoms with Crippen molar-refractivity contribution in [1.29, 1.82) is 0 Å². The third-order valence-corrected chi connectivity index (χ3v) is 2.79. The van der Waals surface area contributed by atoms with Gasteiger partial charge in [-0.1, -0.05) is 18.2 Å². The number of nitrogen functional groups attached to an aromatic ring is 2. The molecule has 3 heteroatoms. The summed E-state index contributed by atoms with van der Waals surface area (Å²) in [7, 11) is 0. The molecule has 0 saturated heterocycles. The predicted molar refractivity (Wildman–Crippen MR) is 70.8 cm³/mol. The van der Waals surface area contributed by atoms with Gasteiger partial charge >= 0.3 is 0 Å². The smallest absolute Gasteiger partial charge is 0.115 e. The first-order valence-corrected chi connectivity index (χ1v) is 5.57. The summed E-state index contributed by atoms with van der Waals surface area (Å²) < 4.78 is 0. The normalized spacial score (nSPS) is 10.4. The highest BCUT2D eigenvalue weighted by Gasteiger charge is 2.01. The summed E-state index contributed by atoms with van der Waals surface area (Å²) in [5.74, 6) is 0.292. The molecule has 0 atom stereocenters. The largest absolute Gasteiger partial charge is 0.508 e. The van der Waals surface area contributed by atoms with E-state index in [0.29, 0.717) is 11.4 Å². The Morgan fingerprint density at radius 3 is 2.24 bits per heavy atom. The minimum Gasteiger partial charge on any atom is -0.508 e. The zero-order valence-corrected chi connectivity index (χ0v) is 9.56. The molecule has 88 valence electrons. The quantitative estimate of drug-likeness (QED) is 0.706. The number of phenols is 1. The van der Waals surface area contributed by atoms with Crippen molar-refractivity contribution in [2.24, 2.45) is 0 Å². The van der Waals surface area contributed by atoms with Crippen molar-refractivity contribution in [1.82, 2.24) is 0 Å². The molecular weight excluding hydrogens is 212 g/mol. The molecule has 0 aliphatic heterocycles. The van der Waals surface area contributed by atoms with Crippen molar-refractivity contribution in [3.8, 4) is 5.75 Å². The van der Waals surface area contributed by atoms with Gasteiger partial charge in [-0.3, -0.25) is 0 Å². The summed E-state index contributed by atoms with van der Waals surface area (Å²) in [6.07, 6.45) is 1.77. The topological polar surface area (TPSA) is 72.3 Å². The van der Waals surface area contributed by atoms with Gasteiger partial charge in [0.05, 0.1) is 0 Å². The average Bonchev–Trinajstić information content (AvgIpc) is 2.30. The van der Waals surface area contributed by atoms with Crippen LogP contribution in [0.1, 0.15) is 11.1 Å². The van der Waals surface area contributed by atoms with Crippen molar-refractivity contribution in [3.63, 3.8) is 0 Å². The molecule has 0 aliphatic rings. The van der Waals surface area contributed by atoms with Crippen LogP contribution < -0.4 is 11.5 Å². The highest BCUT2D eigenvalue weighted by molar-refractivity contribution is 5.56. The monoisotopic (exact) mass is 228 g/mol. The molecule has 0 aliphatic carbocycles. The van der Waals surface area contributed by atoms with E-state index in [9.17, 15) is 5.11 Å². The zero-order valence-electron chi connectivity index (χ0n) is 9.56. The molecular formula is C14H16N2O. The fourth-order valence-corrected chi connectivity index (χ4v) is 1.78. The van der Waals surface area contributed by atoms with Crippen LogP contribution in [-0.4, -0.2) is 5.11 Å². The molecule has 0 heterocycles. The Morgan fingerprint density at radius 2 is 1.59 bits per heavy atom. The molecule has 5 N–H and O–H groups in total. The molecule has 0 saturated carbocycles. The number of aryl methyl sites for hydroxylation is 2. The van der Waals surface area contributed by atoms with Crippen molar-refractivity contribution in [2.45, 2.75) is 12.8 Å². The molecule has 2 aromatic carbocycles. The van der Waals surface area contributed by atoms with Gasteiger partial charge in [-0.05, 0) is 48.2 Å². The van der Waals surface area contributed by atoms with E-state index in [1.54, 1.807) is 18.2 Å². The summed E-state index contributed by atoms with van der Waals surface area (Å²) in [5.41, 5.74) is 15.2. The minimum absolute atomic E-state index is 0.292. The Balaban J connectivity index is 2.04. The molecule has 0 aromatic heterocycles. The van der Waals surface area contributed by atoms with Crippen molar-refractivity contribution in [2.75, 3.05) is 11.5 Å². The predicted octanol–water partition coefficient (Wildman–Crippen LogP) is 2.34. The first kappa shape index (κ1) is 11.3. The number of hydrogen-bond acceptors (Lipinski definition) is 3. The number of hydrogen-bond donors (Lipinski definition) is 3. The van der Waals surface area contributed by atoms with Gasteiger partial charge < -0.3 is 16.6 Å². The van der Waals surface area contributed by atoms with Crippen LogP contribution in [-0.2, 0) is 12.8 Å². The molecule has 0 spiro atoms. The number of anilines is 2. The van der Waals surface area contributed by atoms with Gasteiger partial charge in [0, 0.05) is 11.4 Å². The van der Waals surface area contributed by atoms with E-state index in [1.165, 1.54) is 5.56 Å². The van der Waals surface area contributed by atoms with Crippen LogP contribution >= 0.6 is 0 Å². The Hall–Kier alpha value is -2.16. The third kappa shape index (κ3) is 2.91. The second-order valence-corrected chi connectivity index (χ2v) is 4.12. The zero-order chi connectivity index (χ0) is 12.3. The van der Waals surface area contributed by atoms with E-state index >= 15 is 0 Å². The van der Waals surface area contributed by atoms with E-state index in [2.05, 4.69) is 0 Å². The Kier molecular flexibility index (Phi) is 3.19. The standard InChI is InChI=1S/C14H16N2O/c15-12-6-5-11(14(16)9-12)4-1-10-2-7-13(17)8-3-10/h2-3,5-9,17H,1,4,15-16H2. The summed E-state index contributed by atoms with van der Waals surface area (Å²) >= 11 is 0. The fourth-order valence-electron chi connectivity index (χ4n) is 1.78. The highest BCUT2D eigenvalue weighted by Crippen LogP contribution is 2.18.